The molecule has 0 aliphatic heterocycles. The number of rotatable bonds is 4. The van der Waals surface area contributed by atoms with Crippen molar-refractivity contribution in [3.63, 3.8) is 0 Å². The van der Waals surface area contributed by atoms with E-state index >= 15 is 0 Å². The molecule has 1 heterocycles. The smallest absolute Gasteiger partial charge is 0.391 e. The van der Waals surface area contributed by atoms with Gasteiger partial charge < -0.3 is 10.1 Å². The molecule has 0 aromatic carbocycles. The third kappa shape index (κ3) is 4.54. The van der Waals surface area contributed by atoms with Gasteiger partial charge in [-0.1, -0.05) is 6.42 Å². The van der Waals surface area contributed by atoms with Gasteiger partial charge in [0.15, 0.2) is 0 Å². The molecule has 1 aliphatic carbocycles. The lowest BCUT2D eigenvalue weighted by Crippen LogP contribution is -2.34. The number of ether oxygens (including phenoxy) is 1. The van der Waals surface area contributed by atoms with Gasteiger partial charge in [-0.25, -0.2) is 4.79 Å². The lowest BCUT2D eigenvalue weighted by atomic mass is 9.80. The van der Waals surface area contributed by atoms with E-state index in [4.69, 9.17) is 4.74 Å². The Morgan fingerprint density at radius 3 is 2.56 bits per heavy atom. The van der Waals surface area contributed by atoms with Crippen LogP contribution in [0.3, 0.4) is 0 Å². The van der Waals surface area contributed by atoms with Crippen molar-refractivity contribution in [2.45, 2.75) is 52.6 Å². The van der Waals surface area contributed by atoms with Crippen LogP contribution < -0.4 is 5.32 Å². The number of carbonyl (C=O) groups is 2. The highest BCUT2D eigenvalue weighted by atomic mass is 32.1. The Hall–Kier alpha value is -1.57. The van der Waals surface area contributed by atoms with E-state index in [2.05, 4.69) is 5.32 Å². The summed E-state index contributed by atoms with van der Waals surface area (Å²) in [6, 6.07) is 0. The largest absolute Gasteiger partial charge is 0.462 e. The minimum atomic E-state index is -4.27. The average Bonchev–Trinajstić information content (AvgIpc) is 2.81. The molecule has 0 saturated heterocycles. The number of amides is 1. The van der Waals surface area contributed by atoms with Crippen LogP contribution in [0.4, 0.5) is 18.2 Å². The van der Waals surface area contributed by atoms with Crippen LogP contribution in [0, 0.1) is 25.7 Å². The van der Waals surface area contributed by atoms with Crippen LogP contribution in [0.5, 0.6) is 0 Å². The van der Waals surface area contributed by atoms with E-state index in [1.807, 2.05) is 6.92 Å². The second-order valence-corrected chi connectivity index (χ2v) is 7.52. The molecule has 0 radical (unpaired) electrons. The van der Waals surface area contributed by atoms with Crippen molar-refractivity contribution >= 4 is 28.2 Å². The Morgan fingerprint density at radius 1 is 1.28 bits per heavy atom. The van der Waals surface area contributed by atoms with Gasteiger partial charge in [-0.3, -0.25) is 4.79 Å². The van der Waals surface area contributed by atoms with Crippen LogP contribution in [0.1, 0.15) is 53.4 Å². The van der Waals surface area contributed by atoms with E-state index in [9.17, 15) is 22.8 Å². The zero-order chi connectivity index (χ0) is 18.8. The van der Waals surface area contributed by atoms with Gasteiger partial charge in [-0.2, -0.15) is 13.2 Å². The van der Waals surface area contributed by atoms with Gasteiger partial charge in [0.25, 0.3) is 0 Å². The second-order valence-electron chi connectivity index (χ2n) is 6.30. The summed E-state index contributed by atoms with van der Waals surface area (Å²) in [6.07, 6.45) is -3.61. The predicted octanol–water partition coefficient (Wildman–Crippen LogP) is 4.85. The van der Waals surface area contributed by atoms with Gasteiger partial charge in [0.05, 0.1) is 18.1 Å². The van der Waals surface area contributed by atoms with Gasteiger partial charge >= 0.3 is 12.1 Å². The highest BCUT2D eigenvalue weighted by Crippen LogP contribution is 2.41. The maximum absolute atomic E-state index is 12.9. The van der Waals surface area contributed by atoms with Crippen molar-refractivity contribution in [3.05, 3.63) is 16.0 Å². The molecule has 1 saturated carbocycles. The Balaban J connectivity index is 2.15. The molecule has 1 aromatic rings. The molecule has 1 N–H and O–H groups in total. The summed E-state index contributed by atoms with van der Waals surface area (Å²) >= 11 is 1.24. The fourth-order valence-electron chi connectivity index (χ4n) is 3.10. The van der Waals surface area contributed by atoms with Crippen molar-refractivity contribution in [1.82, 2.24) is 0 Å². The summed E-state index contributed by atoms with van der Waals surface area (Å²) in [5.74, 6) is -3.12. The molecule has 1 aliphatic rings. The van der Waals surface area contributed by atoms with Gasteiger partial charge in [-0.05, 0) is 45.6 Å². The van der Waals surface area contributed by atoms with E-state index in [1.165, 1.54) is 11.3 Å². The minimum absolute atomic E-state index is 0.0680. The van der Waals surface area contributed by atoms with Crippen LogP contribution in [0.2, 0.25) is 0 Å². The summed E-state index contributed by atoms with van der Waals surface area (Å²) in [7, 11) is 0. The van der Waals surface area contributed by atoms with Gasteiger partial charge in [0.2, 0.25) is 5.91 Å². The first-order valence-corrected chi connectivity index (χ1v) is 9.11. The Bertz CT molecular complexity index is 654. The maximum atomic E-state index is 12.9. The molecule has 2 rings (SSSR count). The number of esters is 1. The number of nitrogens with one attached hydrogen (secondary N) is 1. The molecular weight excluding hydrogens is 355 g/mol. The molecule has 2 unspecified atom stereocenters. The van der Waals surface area contributed by atoms with Crippen LogP contribution in [0.15, 0.2) is 0 Å². The SMILES string of the molecule is CCOC(=O)c1c(NC(=O)C2CCCC(C(F)(F)F)C2)sc(C)c1C. The number of hydrogen-bond donors (Lipinski definition) is 1. The van der Waals surface area contributed by atoms with Crippen LogP contribution in [-0.2, 0) is 9.53 Å². The molecule has 140 valence electrons. The fourth-order valence-corrected chi connectivity index (χ4v) is 4.15. The number of alkyl halides is 3. The fraction of sp³-hybridized carbons (Fsp3) is 0.647. The van der Waals surface area contributed by atoms with E-state index in [-0.39, 0.29) is 19.4 Å². The van der Waals surface area contributed by atoms with E-state index in [0.29, 0.717) is 23.4 Å². The standard InChI is InChI=1S/C17H22F3NO3S/c1-4-24-16(23)13-9(2)10(3)25-15(13)21-14(22)11-6-5-7-12(8-11)17(18,19)20/h11-12H,4-8H2,1-3H3,(H,21,22). The van der Waals surface area contributed by atoms with Crippen molar-refractivity contribution in [3.8, 4) is 0 Å². The number of thiophene rings is 1. The lowest BCUT2D eigenvalue weighted by Gasteiger charge is -2.29. The Labute approximate surface area is 148 Å². The Kier molecular flexibility index (Phi) is 6.13. The summed E-state index contributed by atoms with van der Waals surface area (Å²) < 4.78 is 43.8. The zero-order valence-electron chi connectivity index (χ0n) is 14.5. The molecule has 8 heteroatoms. The third-order valence-corrected chi connectivity index (χ3v) is 5.73. The topological polar surface area (TPSA) is 55.4 Å². The summed E-state index contributed by atoms with van der Waals surface area (Å²) in [6.45, 7) is 5.47. The third-order valence-electron chi connectivity index (χ3n) is 4.61. The average molecular weight is 377 g/mol. The first-order valence-electron chi connectivity index (χ1n) is 8.29. The van der Waals surface area contributed by atoms with Crippen LogP contribution >= 0.6 is 11.3 Å². The normalized spacial score (nSPS) is 21.0. The quantitative estimate of drug-likeness (QED) is 0.763. The Morgan fingerprint density at radius 2 is 1.96 bits per heavy atom. The summed E-state index contributed by atoms with van der Waals surface area (Å²) in [4.78, 5) is 25.5. The molecule has 25 heavy (non-hydrogen) atoms. The molecule has 1 fully saturated rings. The number of hydrogen-bond acceptors (Lipinski definition) is 4. The van der Waals surface area contributed by atoms with Crippen molar-refractivity contribution in [2.24, 2.45) is 11.8 Å². The lowest BCUT2D eigenvalue weighted by molar-refractivity contribution is -0.185. The highest BCUT2D eigenvalue weighted by Gasteiger charge is 2.43. The first kappa shape index (κ1) is 19.8. The molecule has 2 atom stereocenters. The van der Waals surface area contributed by atoms with Crippen LogP contribution in [0.25, 0.3) is 0 Å². The van der Waals surface area contributed by atoms with Crippen molar-refractivity contribution in [2.75, 3.05) is 11.9 Å². The molecule has 0 bridgehead atoms. The first-order chi connectivity index (χ1) is 11.6. The van der Waals surface area contributed by atoms with E-state index in [1.54, 1.807) is 13.8 Å². The molecule has 4 nitrogen and oxygen atoms in total. The minimum Gasteiger partial charge on any atom is -0.462 e. The monoisotopic (exact) mass is 377 g/mol. The van der Waals surface area contributed by atoms with Gasteiger partial charge in [0, 0.05) is 10.8 Å². The summed E-state index contributed by atoms with van der Waals surface area (Å²) in [5, 5.41) is 3.02. The highest BCUT2D eigenvalue weighted by molar-refractivity contribution is 7.16. The number of aryl methyl sites for hydroxylation is 1. The van der Waals surface area contributed by atoms with E-state index in [0.717, 1.165) is 10.4 Å². The predicted molar refractivity (Wildman–Crippen MR) is 89.9 cm³/mol. The number of anilines is 1. The molecule has 0 spiro atoms. The van der Waals surface area contributed by atoms with Gasteiger partial charge in [-0.15, -0.1) is 11.3 Å². The van der Waals surface area contributed by atoms with Gasteiger partial charge in [0.1, 0.15) is 5.00 Å². The maximum Gasteiger partial charge on any atom is 0.391 e. The van der Waals surface area contributed by atoms with Crippen LogP contribution in [-0.4, -0.2) is 24.7 Å². The molecule has 1 amide bonds. The van der Waals surface area contributed by atoms with Crippen molar-refractivity contribution in [1.29, 1.82) is 0 Å². The summed E-state index contributed by atoms with van der Waals surface area (Å²) in [5.41, 5.74) is 1.01. The number of halogens is 3. The zero-order valence-corrected chi connectivity index (χ0v) is 15.3. The molecular formula is C17H22F3NO3S. The van der Waals surface area contributed by atoms with E-state index < -0.39 is 29.9 Å². The van der Waals surface area contributed by atoms with Crippen molar-refractivity contribution < 1.29 is 27.5 Å². The molecule has 1 aromatic heterocycles. The second kappa shape index (κ2) is 7.76. The number of carbonyl (C=O) groups excluding carboxylic acids is 2.